The molecule has 1 saturated heterocycles. The smallest absolute Gasteiger partial charge is 0.416 e. The zero-order valence-corrected chi connectivity index (χ0v) is 14.6. The van der Waals surface area contributed by atoms with E-state index in [1.165, 1.54) is 12.1 Å². The van der Waals surface area contributed by atoms with Gasteiger partial charge in [0.05, 0.1) is 17.3 Å². The third-order valence-electron chi connectivity index (χ3n) is 4.78. The van der Waals surface area contributed by atoms with E-state index >= 15 is 0 Å². The Kier molecular flexibility index (Phi) is 4.47. The topological polar surface area (TPSA) is 60.0 Å². The Labute approximate surface area is 153 Å². The summed E-state index contributed by atoms with van der Waals surface area (Å²) in [5.41, 5.74) is 0.557. The van der Waals surface area contributed by atoms with Gasteiger partial charge >= 0.3 is 6.18 Å². The molecular formula is C18H18F3N5O. The van der Waals surface area contributed by atoms with E-state index < -0.39 is 11.7 Å². The van der Waals surface area contributed by atoms with E-state index in [1.54, 1.807) is 12.6 Å². The SMILES string of the molecule is Cn1cnnc1C1CCCN1Cc1coc(-c2ccc(C(F)(F)F)cc2)n1. The molecule has 4 rings (SSSR count). The number of oxazole rings is 1. The largest absolute Gasteiger partial charge is 0.444 e. The van der Waals surface area contributed by atoms with Gasteiger partial charge in [-0.05, 0) is 43.7 Å². The predicted octanol–water partition coefficient (Wildman–Crippen LogP) is 3.83. The Morgan fingerprint density at radius 1 is 1.22 bits per heavy atom. The maximum absolute atomic E-state index is 12.7. The lowest BCUT2D eigenvalue weighted by Gasteiger charge is -2.22. The minimum absolute atomic E-state index is 0.170. The first-order valence-corrected chi connectivity index (χ1v) is 8.62. The van der Waals surface area contributed by atoms with Crippen molar-refractivity contribution >= 4 is 0 Å². The molecular weight excluding hydrogens is 359 g/mol. The number of alkyl halides is 3. The standard InChI is InChI=1S/C18H18F3N5O/c1-25-11-22-24-16(25)15-3-2-8-26(15)9-14-10-27-17(23-14)12-4-6-13(7-5-12)18(19,20)21/h4-7,10-11,15H,2-3,8-9H2,1H3. The lowest BCUT2D eigenvalue weighted by Crippen LogP contribution is -2.25. The summed E-state index contributed by atoms with van der Waals surface area (Å²) in [6, 6.07) is 4.98. The van der Waals surface area contributed by atoms with Crippen LogP contribution in [0.3, 0.4) is 0 Å². The summed E-state index contributed by atoms with van der Waals surface area (Å²) in [4.78, 5) is 6.70. The van der Waals surface area contributed by atoms with Crippen LogP contribution in [0, 0.1) is 0 Å². The first kappa shape index (κ1) is 17.7. The van der Waals surface area contributed by atoms with Crippen LogP contribution < -0.4 is 0 Å². The van der Waals surface area contributed by atoms with Crippen LogP contribution in [0.1, 0.15) is 36.0 Å². The monoisotopic (exact) mass is 377 g/mol. The summed E-state index contributed by atoms with van der Waals surface area (Å²) in [5.74, 6) is 1.23. The molecule has 0 bridgehead atoms. The lowest BCUT2D eigenvalue weighted by atomic mass is 10.1. The molecule has 3 heterocycles. The lowest BCUT2D eigenvalue weighted by molar-refractivity contribution is -0.137. The Hall–Kier alpha value is -2.68. The Bertz CT molecular complexity index is 916. The maximum atomic E-state index is 12.7. The average molecular weight is 377 g/mol. The summed E-state index contributed by atoms with van der Waals surface area (Å²) in [7, 11) is 1.92. The zero-order valence-electron chi connectivity index (χ0n) is 14.6. The molecule has 1 atom stereocenters. The third kappa shape index (κ3) is 3.59. The summed E-state index contributed by atoms with van der Waals surface area (Å²) < 4.78 is 45.4. The van der Waals surface area contributed by atoms with Crippen LogP contribution in [0.15, 0.2) is 41.3 Å². The van der Waals surface area contributed by atoms with Gasteiger partial charge in [0.2, 0.25) is 5.89 Å². The van der Waals surface area contributed by atoms with E-state index in [9.17, 15) is 13.2 Å². The van der Waals surface area contributed by atoms with Crippen LogP contribution in [0.4, 0.5) is 13.2 Å². The average Bonchev–Trinajstić information content (AvgIpc) is 3.36. The Morgan fingerprint density at radius 3 is 2.67 bits per heavy atom. The third-order valence-corrected chi connectivity index (χ3v) is 4.78. The molecule has 0 radical (unpaired) electrons. The summed E-state index contributed by atoms with van der Waals surface area (Å²) in [6.45, 7) is 1.50. The Balaban J connectivity index is 1.49. The highest BCUT2D eigenvalue weighted by Crippen LogP contribution is 2.33. The fourth-order valence-corrected chi connectivity index (χ4v) is 3.42. The molecule has 9 heteroatoms. The van der Waals surface area contributed by atoms with Gasteiger partial charge in [-0.3, -0.25) is 4.90 Å². The normalized spacial score (nSPS) is 18.3. The number of halogens is 3. The van der Waals surface area contributed by atoms with E-state index in [1.807, 2.05) is 11.6 Å². The van der Waals surface area contributed by atoms with Crippen molar-refractivity contribution in [3.63, 3.8) is 0 Å². The summed E-state index contributed by atoms with van der Waals surface area (Å²) in [6.07, 6.45) is 0.936. The number of nitrogens with zero attached hydrogens (tertiary/aromatic N) is 5. The van der Waals surface area contributed by atoms with Gasteiger partial charge in [0.25, 0.3) is 0 Å². The van der Waals surface area contributed by atoms with Crippen LogP contribution in [-0.2, 0) is 19.8 Å². The van der Waals surface area contributed by atoms with Gasteiger partial charge in [-0.15, -0.1) is 10.2 Å². The van der Waals surface area contributed by atoms with E-state index in [2.05, 4.69) is 20.1 Å². The van der Waals surface area contributed by atoms with Crippen LogP contribution in [0.2, 0.25) is 0 Å². The van der Waals surface area contributed by atoms with Gasteiger partial charge in [-0.25, -0.2) is 4.98 Å². The predicted molar refractivity (Wildman–Crippen MR) is 90.3 cm³/mol. The van der Waals surface area contributed by atoms with Crippen molar-refractivity contribution in [3.8, 4) is 11.5 Å². The molecule has 2 aromatic heterocycles. The highest BCUT2D eigenvalue weighted by atomic mass is 19.4. The first-order chi connectivity index (χ1) is 12.9. The second kappa shape index (κ2) is 6.80. The fraction of sp³-hybridized carbons (Fsp3) is 0.389. The van der Waals surface area contributed by atoms with Gasteiger partial charge in [0, 0.05) is 19.2 Å². The van der Waals surface area contributed by atoms with Crippen LogP contribution >= 0.6 is 0 Å². The second-order valence-electron chi connectivity index (χ2n) is 6.65. The van der Waals surface area contributed by atoms with E-state index in [0.29, 0.717) is 18.0 Å². The molecule has 27 heavy (non-hydrogen) atoms. The van der Waals surface area contributed by atoms with Crippen LogP contribution in [0.5, 0.6) is 0 Å². The molecule has 142 valence electrons. The second-order valence-corrected chi connectivity index (χ2v) is 6.65. The number of aryl methyl sites for hydroxylation is 1. The minimum Gasteiger partial charge on any atom is -0.444 e. The molecule has 6 nitrogen and oxygen atoms in total. The minimum atomic E-state index is -4.36. The molecule has 1 aromatic carbocycles. The molecule has 0 spiro atoms. The summed E-state index contributed by atoms with van der Waals surface area (Å²) >= 11 is 0. The van der Waals surface area contributed by atoms with Crippen molar-refractivity contribution in [2.45, 2.75) is 31.6 Å². The van der Waals surface area contributed by atoms with Gasteiger partial charge in [-0.1, -0.05) is 0 Å². The molecule has 0 N–H and O–H groups in total. The van der Waals surface area contributed by atoms with Gasteiger partial charge in [0.1, 0.15) is 18.4 Å². The number of benzene rings is 1. The summed E-state index contributed by atoms with van der Waals surface area (Å²) in [5, 5.41) is 8.15. The van der Waals surface area contributed by atoms with Gasteiger partial charge < -0.3 is 8.98 Å². The van der Waals surface area contributed by atoms with E-state index in [4.69, 9.17) is 4.42 Å². The van der Waals surface area contributed by atoms with Crippen molar-refractivity contribution < 1.29 is 17.6 Å². The van der Waals surface area contributed by atoms with Gasteiger partial charge in [-0.2, -0.15) is 13.2 Å². The number of rotatable bonds is 4. The van der Waals surface area contributed by atoms with E-state index in [-0.39, 0.29) is 6.04 Å². The Morgan fingerprint density at radius 2 is 2.00 bits per heavy atom. The molecule has 1 unspecified atom stereocenters. The van der Waals surface area contributed by atoms with Gasteiger partial charge in [0.15, 0.2) is 0 Å². The van der Waals surface area contributed by atoms with Crippen molar-refractivity contribution in [1.29, 1.82) is 0 Å². The van der Waals surface area contributed by atoms with Crippen molar-refractivity contribution in [3.05, 3.63) is 53.9 Å². The molecule has 0 saturated carbocycles. The highest BCUT2D eigenvalue weighted by Gasteiger charge is 2.31. The van der Waals surface area contributed by atoms with Crippen LogP contribution in [0.25, 0.3) is 11.5 Å². The quantitative estimate of drug-likeness (QED) is 0.692. The maximum Gasteiger partial charge on any atom is 0.416 e. The zero-order chi connectivity index (χ0) is 19.0. The van der Waals surface area contributed by atoms with E-state index in [0.717, 1.165) is 43.0 Å². The first-order valence-electron chi connectivity index (χ1n) is 8.62. The molecule has 0 aliphatic carbocycles. The number of hydrogen-bond donors (Lipinski definition) is 0. The molecule has 1 aliphatic heterocycles. The number of likely N-dealkylation sites (tertiary alicyclic amines) is 1. The number of aromatic nitrogens is 4. The van der Waals surface area contributed by atoms with Crippen LogP contribution in [-0.4, -0.2) is 31.2 Å². The molecule has 0 amide bonds. The molecule has 3 aromatic rings. The fourth-order valence-electron chi connectivity index (χ4n) is 3.42. The van der Waals surface area contributed by atoms with Crippen molar-refractivity contribution in [2.75, 3.05) is 6.54 Å². The highest BCUT2D eigenvalue weighted by molar-refractivity contribution is 5.54. The van der Waals surface area contributed by atoms with Crippen molar-refractivity contribution in [2.24, 2.45) is 7.05 Å². The molecule has 1 fully saturated rings. The number of hydrogen-bond acceptors (Lipinski definition) is 5. The van der Waals surface area contributed by atoms with Crippen molar-refractivity contribution in [1.82, 2.24) is 24.6 Å². The molecule has 1 aliphatic rings.